The third-order valence-corrected chi connectivity index (χ3v) is 7.10. The maximum absolute atomic E-state index is 15.2. The number of rotatable bonds is 5. The number of benzene rings is 1. The molecule has 2 aromatic heterocycles. The molecule has 9 nitrogen and oxygen atoms in total. The zero-order chi connectivity index (χ0) is 24.6. The highest BCUT2D eigenvalue weighted by atomic mass is 32.2. The molecule has 0 radical (unpaired) electrons. The van der Waals surface area contributed by atoms with Crippen molar-refractivity contribution in [1.29, 1.82) is 0 Å². The molecular formula is C22H24F2N4O5S. The number of ether oxygens (including phenoxy) is 2. The van der Waals surface area contributed by atoms with Gasteiger partial charge in [-0.1, -0.05) is 0 Å². The van der Waals surface area contributed by atoms with E-state index in [0.717, 1.165) is 24.7 Å². The van der Waals surface area contributed by atoms with Crippen molar-refractivity contribution in [3.63, 3.8) is 0 Å². The van der Waals surface area contributed by atoms with Gasteiger partial charge in [-0.3, -0.25) is 0 Å². The molecule has 34 heavy (non-hydrogen) atoms. The summed E-state index contributed by atoms with van der Waals surface area (Å²) in [5.41, 5.74) is 1.43. The van der Waals surface area contributed by atoms with Gasteiger partial charge in [0.15, 0.2) is 0 Å². The predicted octanol–water partition coefficient (Wildman–Crippen LogP) is 2.51. The zero-order valence-corrected chi connectivity index (χ0v) is 19.7. The predicted molar refractivity (Wildman–Crippen MR) is 119 cm³/mol. The molecule has 0 aliphatic carbocycles. The molecule has 0 spiro atoms. The summed E-state index contributed by atoms with van der Waals surface area (Å²) in [6.45, 7) is 2.75. The summed E-state index contributed by atoms with van der Waals surface area (Å²) < 4.78 is 68.8. The molecule has 0 unspecified atom stereocenters. The van der Waals surface area contributed by atoms with Crippen LogP contribution in [0, 0.1) is 18.6 Å². The van der Waals surface area contributed by atoms with Crippen LogP contribution >= 0.6 is 0 Å². The van der Waals surface area contributed by atoms with Crippen molar-refractivity contribution in [2.24, 2.45) is 0 Å². The van der Waals surface area contributed by atoms with Gasteiger partial charge in [-0.15, -0.1) is 0 Å². The van der Waals surface area contributed by atoms with Gasteiger partial charge in [-0.25, -0.2) is 31.7 Å². The van der Waals surface area contributed by atoms with Crippen LogP contribution in [-0.2, 0) is 25.9 Å². The Balaban J connectivity index is 1.81. The number of carbonyl (C=O) groups is 1. The quantitative estimate of drug-likeness (QED) is 0.585. The average molecular weight is 495 g/mol. The molecule has 1 aromatic carbocycles. The summed E-state index contributed by atoms with van der Waals surface area (Å²) in [5, 5.41) is 0. The van der Waals surface area contributed by atoms with Crippen LogP contribution in [0.2, 0.25) is 0 Å². The minimum Gasteiger partial charge on any atom is -0.453 e. The lowest BCUT2D eigenvalue weighted by molar-refractivity contribution is -0.0241. The number of nitrogens with zero attached hydrogens (tertiary/aromatic N) is 3. The lowest BCUT2D eigenvalue weighted by atomic mass is 10.0. The van der Waals surface area contributed by atoms with Crippen LogP contribution in [0.5, 0.6) is 0 Å². The number of nitrogens with one attached hydrogen (secondary N) is 1. The molecule has 12 heteroatoms. The average Bonchev–Trinajstić information content (AvgIpc) is 3.14. The normalized spacial score (nSPS) is 16.7. The molecule has 182 valence electrons. The molecule has 0 bridgehead atoms. The third kappa shape index (κ3) is 4.48. The SMILES string of the molecule is CNS(=O)(=O)c1cc(F)c(-c2nc3cc(C)ccn3c2C[C@H]2CN(C(=O)OC)CCO2)c(F)c1. The first-order chi connectivity index (χ1) is 16.1. The van der Waals surface area contributed by atoms with Crippen LogP contribution in [0.1, 0.15) is 11.3 Å². The van der Waals surface area contributed by atoms with Crippen molar-refractivity contribution in [3.05, 3.63) is 53.4 Å². The number of fused-ring (bicyclic) bond motifs is 1. The first-order valence-electron chi connectivity index (χ1n) is 10.5. The maximum Gasteiger partial charge on any atom is 0.409 e. The molecule has 0 saturated carbocycles. The smallest absolute Gasteiger partial charge is 0.409 e. The highest BCUT2D eigenvalue weighted by Gasteiger charge is 2.29. The molecular weight excluding hydrogens is 470 g/mol. The van der Waals surface area contributed by atoms with E-state index in [0.29, 0.717) is 17.9 Å². The van der Waals surface area contributed by atoms with Crippen molar-refractivity contribution in [2.45, 2.75) is 24.3 Å². The minimum atomic E-state index is -4.05. The Kier molecular flexibility index (Phi) is 6.56. The molecule has 1 saturated heterocycles. The van der Waals surface area contributed by atoms with Crippen molar-refractivity contribution in [1.82, 2.24) is 19.0 Å². The molecule has 4 rings (SSSR count). The van der Waals surface area contributed by atoms with Crippen molar-refractivity contribution < 1.29 is 31.5 Å². The van der Waals surface area contributed by atoms with Gasteiger partial charge in [-0.05, 0) is 43.8 Å². The fourth-order valence-corrected chi connectivity index (χ4v) is 4.75. The Hall–Kier alpha value is -3.09. The summed E-state index contributed by atoms with van der Waals surface area (Å²) >= 11 is 0. The summed E-state index contributed by atoms with van der Waals surface area (Å²) in [6.07, 6.45) is 0.985. The Bertz CT molecular complexity index is 1340. The second-order valence-corrected chi connectivity index (χ2v) is 9.81. The topological polar surface area (TPSA) is 102 Å². The number of hydrogen-bond donors (Lipinski definition) is 1. The lowest BCUT2D eigenvalue weighted by Crippen LogP contribution is -2.46. The Morgan fingerprint density at radius 3 is 2.65 bits per heavy atom. The lowest BCUT2D eigenvalue weighted by Gasteiger charge is -2.32. The van der Waals surface area contributed by atoms with Crippen molar-refractivity contribution >= 4 is 21.8 Å². The van der Waals surface area contributed by atoms with E-state index in [-0.39, 0.29) is 25.3 Å². The molecule has 3 aromatic rings. The largest absolute Gasteiger partial charge is 0.453 e. The van der Waals surface area contributed by atoms with E-state index >= 15 is 8.78 Å². The number of halogens is 2. The summed E-state index contributed by atoms with van der Waals surface area (Å²) in [5.74, 6) is -2.12. The molecule has 1 aliphatic rings. The molecule has 1 fully saturated rings. The van der Waals surface area contributed by atoms with E-state index in [1.807, 2.05) is 17.7 Å². The first kappa shape index (κ1) is 24.0. The first-order valence-corrected chi connectivity index (χ1v) is 12.0. The van der Waals surface area contributed by atoms with E-state index in [9.17, 15) is 13.2 Å². The van der Waals surface area contributed by atoms with Crippen LogP contribution < -0.4 is 4.72 Å². The second-order valence-electron chi connectivity index (χ2n) is 7.92. The van der Waals surface area contributed by atoms with Gasteiger partial charge >= 0.3 is 6.09 Å². The zero-order valence-electron chi connectivity index (χ0n) is 18.8. The fraction of sp³-hybridized carbons (Fsp3) is 0.364. The number of aryl methyl sites for hydroxylation is 1. The summed E-state index contributed by atoms with van der Waals surface area (Å²) in [4.78, 5) is 17.4. The van der Waals surface area contributed by atoms with Gasteiger partial charge in [0.1, 0.15) is 17.3 Å². The molecule has 1 aliphatic heterocycles. The fourth-order valence-electron chi connectivity index (χ4n) is 4.00. The number of sulfonamides is 1. The highest BCUT2D eigenvalue weighted by Crippen LogP contribution is 2.33. The van der Waals surface area contributed by atoms with Crippen LogP contribution in [0.25, 0.3) is 16.9 Å². The summed E-state index contributed by atoms with van der Waals surface area (Å²) in [6, 6.07) is 5.13. The summed E-state index contributed by atoms with van der Waals surface area (Å²) in [7, 11) is -1.60. The van der Waals surface area contributed by atoms with E-state index in [1.54, 1.807) is 16.7 Å². The van der Waals surface area contributed by atoms with Crippen molar-refractivity contribution in [2.75, 3.05) is 33.9 Å². The number of aromatic nitrogens is 2. The maximum atomic E-state index is 15.2. The standard InChI is InChI=1S/C22H24F2N4O5S/c1-13-4-5-28-18(9-14-12-27(6-7-33-14)22(29)32-3)21(26-19(28)8-13)20-16(23)10-15(11-17(20)24)34(30,31)25-2/h4-5,8,10-11,14,25H,6-7,9,12H2,1-3H3/t14-/m0/s1. The number of methoxy groups -OCH3 is 1. The van der Waals surface area contributed by atoms with Gasteiger partial charge in [0.25, 0.3) is 0 Å². The number of imidazole rings is 1. The Morgan fingerprint density at radius 2 is 2.00 bits per heavy atom. The number of amides is 1. The van der Waals surface area contributed by atoms with E-state index in [2.05, 4.69) is 4.98 Å². The van der Waals surface area contributed by atoms with Crippen LogP contribution in [0.15, 0.2) is 35.4 Å². The molecule has 1 N–H and O–H groups in total. The van der Waals surface area contributed by atoms with E-state index < -0.39 is 44.3 Å². The highest BCUT2D eigenvalue weighted by molar-refractivity contribution is 7.89. The monoisotopic (exact) mass is 494 g/mol. The van der Waals surface area contributed by atoms with Gasteiger partial charge in [0, 0.05) is 19.2 Å². The van der Waals surface area contributed by atoms with E-state index in [1.165, 1.54) is 12.0 Å². The number of pyridine rings is 1. The van der Waals surface area contributed by atoms with Gasteiger partial charge in [0.05, 0.1) is 48.2 Å². The van der Waals surface area contributed by atoms with Gasteiger partial charge in [-0.2, -0.15) is 0 Å². The van der Waals surface area contributed by atoms with Crippen LogP contribution in [0.3, 0.4) is 0 Å². The molecule has 1 atom stereocenters. The van der Waals surface area contributed by atoms with Crippen LogP contribution in [0.4, 0.5) is 13.6 Å². The van der Waals surface area contributed by atoms with Gasteiger partial charge in [0.2, 0.25) is 10.0 Å². The molecule has 1 amide bonds. The second kappa shape index (κ2) is 9.28. The number of hydrogen-bond acceptors (Lipinski definition) is 6. The number of carbonyl (C=O) groups excluding carboxylic acids is 1. The van der Waals surface area contributed by atoms with Crippen molar-refractivity contribution in [3.8, 4) is 11.3 Å². The Morgan fingerprint density at radius 1 is 1.29 bits per heavy atom. The van der Waals surface area contributed by atoms with E-state index in [4.69, 9.17) is 9.47 Å². The van der Waals surface area contributed by atoms with Crippen LogP contribution in [-0.4, -0.2) is 68.8 Å². The molecule has 3 heterocycles. The third-order valence-electron chi connectivity index (χ3n) is 5.70. The number of morpholine rings is 1. The van der Waals surface area contributed by atoms with Gasteiger partial charge < -0.3 is 18.8 Å². The Labute approximate surface area is 195 Å². The minimum absolute atomic E-state index is 0.0350.